The second kappa shape index (κ2) is 5.54. The summed E-state index contributed by atoms with van der Waals surface area (Å²) in [5.74, 6) is 0.245. The second-order valence-electron chi connectivity index (χ2n) is 3.96. The highest BCUT2D eigenvalue weighted by molar-refractivity contribution is 8.02. The fourth-order valence-electron chi connectivity index (χ4n) is 1.66. The van der Waals surface area contributed by atoms with E-state index in [-0.39, 0.29) is 18.4 Å². The van der Waals surface area contributed by atoms with Gasteiger partial charge >= 0.3 is 5.97 Å². The van der Waals surface area contributed by atoms with Crippen molar-refractivity contribution in [2.45, 2.75) is 44.3 Å². The lowest BCUT2D eigenvalue weighted by Crippen LogP contribution is -2.44. The fraction of sp³-hybridized carbons (Fsp3) is 0.818. The van der Waals surface area contributed by atoms with Gasteiger partial charge in [-0.15, -0.1) is 11.8 Å². The van der Waals surface area contributed by atoms with Crippen molar-refractivity contribution in [2.24, 2.45) is 0 Å². The van der Waals surface area contributed by atoms with Crippen LogP contribution >= 0.6 is 11.8 Å². The van der Waals surface area contributed by atoms with E-state index in [2.05, 4.69) is 6.92 Å². The molecule has 1 rings (SSSR count). The molecule has 0 aromatic rings. The monoisotopic (exact) mass is 230 g/mol. The van der Waals surface area contributed by atoms with Gasteiger partial charge in [-0.25, -0.2) is 0 Å². The van der Waals surface area contributed by atoms with Gasteiger partial charge < -0.3 is 4.74 Å². The molecule has 0 aromatic carbocycles. The SMILES string of the molecule is CCCCCC1(C(C)=O)COC(=O)CS1. The van der Waals surface area contributed by atoms with Crippen LogP contribution in [0.1, 0.15) is 39.5 Å². The van der Waals surface area contributed by atoms with Crippen molar-refractivity contribution >= 4 is 23.5 Å². The largest absolute Gasteiger partial charge is 0.463 e. The number of ketones is 1. The summed E-state index contributed by atoms with van der Waals surface area (Å²) in [6.07, 6.45) is 4.12. The molecule has 0 saturated carbocycles. The predicted octanol–water partition coefficient (Wildman–Crippen LogP) is 2.18. The number of cyclic esters (lactones) is 1. The van der Waals surface area contributed by atoms with Crippen LogP contribution in [0.4, 0.5) is 0 Å². The Labute approximate surface area is 94.9 Å². The summed E-state index contributed by atoms with van der Waals surface area (Å²) in [4.78, 5) is 22.6. The molecule has 1 heterocycles. The Morgan fingerprint density at radius 3 is 2.73 bits per heavy atom. The van der Waals surface area contributed by atoms with Gasteiger partial charge in [-0.2, -0.15) is 0 Å². The molecule has 86 valence electrons. The molecule has 1 saturated heterocycles. The van der Waals surface area contributed by atoms with Gasteiger partial charge in [-0.1, -0.05) is 26.2 Å². The fourth-order valence-corrected chi connectivity index (χ4v) is 2.77. The van der Waals surface area contributed by atoms with Crippen LogP contribution in [0, 0.1) is 0 Å². The molecule has 3 nitrogen and oxygen atoms in total. The summed E-state index contributed by atoms with van der Waals surface area (Å²) in [5, 5.41) is 0. The first kappa shape index (κ1) is 12.6. The molecule has 0 aromatic heterocycles. The van der Waals surface area contributed by atoms with Gasteiger partial charge in [-0.05, 0) is 13.3 Å². The Morgan fingerprint density at radius 2 is 2.27 bits per heavy atom. The lowest BCUT2D eigenvalue weighted by atomic mass is 9.97. The van der Waals surface area contributed by atoms with Crippen LogP contribution in [0.3, 0.4) is 0 Å². The Hall–Kier alpha value is -0.510. The Morgan fingerprint density at radius 1 is 1.53 bits per heavy atom. The van der Waals surface area contributed by atoms with Gasteiger partial charge in [0.25, 0.3) is 0 Å². The molecule has 0 aliphatic carbocycles. The van der Waals surface area contributed by atoms with E-state index >= 15 is 0 Å². The quantitative estimate of drug-likeness (QED) is 0.536. The van der Waals surface area contributed by atoms with E-state index in [1.54, 1.807) is 6.92 Å². The molecule has 1 atom stereocenters. The summed E-state index contributed by atoms with van der Waals surface area (Å²) in [7, 11) is 0. The first-order chi connectivity index (χ1) is 7.10. The van der Waals surface area contributed by atoms with Crippen LogP contribution < -0.4 is 0 Å². The summed E-state index contributed by atoms with van der Waals surface area (Å²) in [6.45, 7) is 3.99. The van der Waals surface area contributed by atoms with E-state index in [1.165, 1.54) is 11.8 Å². The molecular formula is C11H18O3S. The second-order valence-corrected chi connectivity index (χ2v) is 5.32. The van der Waals surface area contributed by atoms with Crippen molar-refractivity contribution in [1.82, 2.24) is 0 Å². The number of rotatable bonds is 5. The Balaban J connectivity index is 2.55. The molecular weight excluding hydrogens is 212 g/mol. The molecule has 0 radical (unpaired) electrons. The Bertz CT molecular complexity index is 240. The van der Waals surface area contributed by atoms with Gasteiger partial charge in [0.15, 0.2) is 0 Å². The van der Waals surface area contributed by atoms with Crippen LogP contribution in [0.15, 0.2) is 0 Å². The number of ether oxygens (including phenoxy) is 1. The molecule has 15 heavy (non-hydrogen) atoms. The van der Waals surface area contributed by atoms with Crippen LogP contribution in [0.25, 0.3) is 0 Å². The van der Waals surface area contributed by atoms with E-state index in [4.69, 9.17) is 4.74 Å². The zero-order valence-electron chi connectivity index (χ0n) is 9.38. The number of carbonyl (C=O) groups excluding carboxylic acids is 2. The average molecular weight is 230 g/mol. The van der Waals surface area contributed by atoms with Crippen LogP contribution in [0.2, 0.25) is 0 Å². The van der Waals surface area contributed by atoms with Crippen LogP contribution in [-0.2, 0) is 14.3 Å². The first-order valence-electron chi connectivity index (χ1n) is 5.41. The maximum atomic E-state index is 11.6. The van der Waals surface area contributed by atoms with E-state index < -0.39 is 4.75 Å². The average Bonchev–Trinajstić information content (AvgIpc) is 2.21. The van der Waals surface area contributed by atoms with Crippen molar-refractivity contribution < 1.29 is 14.3 Å². The summed E-state index contributed by atoms with van der Waals surface area (Å²) < 4.78 is 4.55. The minimum absolute atomic E-state index is 0.135. The van der Waals surface area contributed by atoms with Crippen LogP contribution in [0.5, 0.6) is 0 Å². The number of thioether (sulfide) groups is 1. The highest BCUT2D eigenvalue weighted by Gasteiger charge is 2.40. The van der Waals surface area contributed by atoms with Crippen molar-refractivity contribution in [3.8, 4) is 0 Å². The van der Waals surface area contributed by atoms with Crippen LogP contribution in [-0.4, -0.2) is 28.9 Å². The standard InChI is InChI=1S/C11H18O3S/c1-3-4-5-6-11(9(2)12)8-14-10(13)7-15-11/h3-8H2,1-2H3. The van der Waals surface area contributed by atoms with Crippen molar-refractivity contribution in [2.75, 3.05) is 12.4 Å². The van der Waals surface area contributed by atoms with Gasteiger partial charge in [0.1, 0.15) is 17.1 Å². The zero-order valence-corrected chi connectivity index (χ0v) is 10.2. The lowest BCUT2D eigenvalue weighted by molar-refractivity contribution is -0.143. The molecule has 0 spiro atoms. The van der Waals surface area contributed by atoms with Crippen molar-refractivity contribution in [3.05, 3.63) is 0 Å². The van der Waals surface area contributed by atoms with Crippen molar-refractivity contribution in [3.63, 3.8) is 0 Å². The zero-order chi connectivity index (χ0) is 11.3. The topological polar surface area (TPSA) is 43.4 Å². The molecule has 0 bridgehead atoms. The van der Waals surface area contributed by atoms with E-state index in [1.807, 2.05) is 0 Å². The predicted molar refractivity (Wildman–Crippen MR) is 61.0 cm³/mol. The molecule has 1 aliphatic heterocycles. The number of Topliss-reactive ketones (excluding diaryl/α,β-unsaturated/α-hetero) is 1. The van der Waals surface area contributed by atoms with Gasteiger partial charge in [0.2, 0.25) is 0 Å². The minimum atomic E-state index is -0.455. The maximum Gasteiger partial charge on any atom is 0.315 e. The normalized spacial score (nSPS) is 26.1. The highest BCUT2D eigenvalue weighted by Crippen LogP contribution is 2.35. The molecule has 1 unspecified atom stereocenters. The molecule has 0 N–H and O–H groups in total. The number of hydrogen-bond donors (Lipinski definition) is 0. The third-order valence-electron chi connectivity index (χ3n) is 2.76. The number of hydrogen-bond acceptors (Lipinski definition) is 4. The smallest absolute Gasteiger partial charge is 0.315 e. The molecule has 1 aliphatic rings. The first-order valence-corrected chi connectivity index (χ1v) is 6.40. The number of esters is 1. The van der Waals surface area contributed by atoms with Gasteiger partial charge in [0.05, 0.1) is 5.75 Å². The number of carbonyl (C=O) groups is 2. The minimum Gasteiger partial charge on any atom is -0.463 e. The van der Waals surface area contributed by atoms with E-state index in [9.17, 15) is 9.59 Å². The Kier molecular flexibility index (Phi) is 4.64. The third kappa shape index (κ3) is 3.23. The third-order valence-corrected chi connectivity index (χ3v) is 4.30. The maximum absolute atomic E-state index is 11.6. The summed E-state index contributed by atoms with van der Waals surface area (Å²) in [5.41, 5.74) is 0. The van der Waals surface area contributed by atoms with Crippen molar-refractivity contribution in [1.29, 1.82) is 0 Å². The summed E-state index contributed by atoms with van der Waals surface area (Å²) in [6, 6.07) is 0. The lowest BCUT2D eigenvalue weighted by Gasteiger charge is -2.33. The van der Waals surface area contributed by atoms with E-state index in [0.717, 1.165) is 25.7 Å². The van der Waals surface area contributed by atoms with Gasteiger partial charge in [0, 0.05) is 0 Å². The van der Waals surface area contributed by atoms with E-state index in [0.29, 0.717) is 5.75 Å². The summed E-state index contributed by atoms with van der Waals surface area (Å²) >= 11 is 1.45. The molecule has 0 amide bonds. The number of unbranched alkanes of at least 4 members (excludes halogenated alkanes) is 2. The molecule has 4 heteroatoms. The highest BCUT2D eigenvalue weighted by atomic mass is 32.2. The van der Waals surface area contributed by atoms with Gasteiger partial charge in [-0.3, -0.25) is 9.59 Å². The molecule has 1 fully saturated rings.